The summed E-state index contributed by atoms with van der Waals surface area (Å²) in [6.45, 7) is 0. The molecule has 160 valence electrons. The maximum Gasteiger partial charge on any atom is 0.273 e. The van der Waals surface area contributed by atoms with Gasteiger partial charge in [0.05, 0.1) is 18.4 Å². The van der Waals surface area contributed by atoms with E-state index in [0.717, 1.165) is 12.8 Å². The van der Waals surface area contributed by atoms with Gasteiger partial charge >= 0.3 is 0 Å². The van der Waals surface area contributed by atoms with Crippen molar-refractivity contribution in [3.63, 3.8) is 0 Å². The minimum atomic E-state index is -0.448. The third-order valence-corrected chi connectivity index (χ3v) is 4.64. The van der Waals surface area contributed by atoms with Gasteiger partial charge in [-0.25, -0.2) is 9.97 Å². The first-order valence-corrected chi connectivity index (χ1v) is 9.56. The number of ether oxygens (including phenoxy) is 1. The fourth-order valence-corrected chi connectivity index (χ4v) is 2.92. The number of aromatic nitrogens is 6. The zero-order chi connectivity index (χ0) is 22.0. The van der Waals surface area contributed by atoms with Crippen LogP contribution in [-0.4, -0.2) is 55.9 Å². The molecule has 0 saturated heterocycles. The summed E-state index contributed by atoms with van der Waals surface area (Å²) in [7, 11) is 4.75. The van der Waals surface area contributed by atoms with Gasteiger partial charge in [0.2, 0.25) is 5.91 Å². The molecule has 3 heterocycles. The number of aryl methyl sites for hydroxylation is 1. The fraction of sp³-hybridized carbons (Fsp3) is 0.316. The van der Waals surface area contributed by atoms with Gasteiger partial charge in [0.15, 0.2) is 28.9 Å². The summed E-state index contributed by atoms with van der Waals surface area (Å²) in [5.74, 6) is 0.835. The lowest BCUT2D eigenvalue weighted by Gasteiger charge is -2.15. The highest BCUT2D eigenvalue weighted by molar-refractivity contribution is 5.99. The summed E-state index contributed by atoms with van der Waals surface area (Å²) in [5.41, 5.74) is 0.959. The Balaban J connectivity index is 1.71. The molecule has 2 amide bonds. The molecular formula is C19H21N9O3. The fourth-order valence-electron chi connectivity index (χ4n) is 2.92. The van der Waals surface area contributed by atoms with E-state index in [1.54, 1.807) is 30.3 Å². The Labute approximate surface area is 177 Å². The van der Waals surface area contributed by atoms with Gasteiger partial charge in [-0.05, 0) is 18.9 Å². The number of amides is 2. The molecule has 3 N–H and O–H groups in total. The summed E-state index contributed by atoms with van der Waals surface area (Å²) in [6.07, 6.45) is 4.86. The molecule has 0 unspecified atom stereocenters. The van der Waals surface area contributed by atoms with E-state index in [-0.39, 0.29) is 23.3 Å². The number of nitrogens with one attached hydrogen (secondary N) is 3. The average molecular weight is 423 g/mol. The molecule has 0 radical (unpaired) electrons. The van der Waals surface area contributed by atoms with Gasteiger partial charge in [-0.3, -0.25) is 14.3 Å². The number of hydrogen-bond acceptors (Lipinski definition) is 9. The first kappa shape index (κ1) is 20.2. The minimum absolute atomic E-state index is 0.00106. The number of hydrogen-bond donors (Lipinski definition) is 3. The molecule has 0 atom stereocenters. The maximum atomic E-state index is 12.3. The lowest BCUT2D eigenvalue weighted by molar-refractivity contribution is -0.117. The van der Waals surface area contributed by atoms with Crippen LogP contribution in [0.1, 0.15) is 23.3 Å². The zero-order valence-electron chi connectivity index (χ0n) is 17.2. The SMILES string of the molecule is CNC(=O)c1nnc(NC(=O)C2CC2)cc1Nc1nccc(-c2ncn(C)n2)c1OC. The number of carbonyl (C=O) groups is 2. The summed E-state index contributed by atoms with van der Waals surface area (Å²) in [6, 6.07) is 3.26. The summed E-state index contributed by atoms with van der Waals surface area (Å²) < 4.78 is 7.13. The van der Waals surface area contributed by atoms with Crippen molar-refractivity contribution in [3.8, 4) is 17.1 Å². The topological polar surface area (TPSA) is 149 Å². The number of methoxy groups -OCH3 is 1. The normalized spacial score (nSPS) is 12.9. The number of anilines is 3. The molecular weight excluding hydrogens is 402 g/mol. The Morgan fingerprint density at radius 3 is 2.68 bits per heavy atom. The molecule has 12 heteroatoms. The summed E-state index contributed by atoms with van der Waals surface area (Å²) in [4.78, 5) is 33.0. The Morgan fingerprint density at radius 1 is 1.23 bits per heavy atom. The van der Waals surface area contributed by atoms with E-state index in [2.05, 4.69) is 41.2 Å². The standard InChI is InChI=1S/C19H21N9O3/c1-20-19(30)14-12(8-13(25-26-14)24-18(29)10-4-5-10)23-17-15(31-3)11(6-7-21-17)16-22-9-28(2)27-16/h6-10H,4-5H2,1-3H3,(H,20,30)(H2,21,23,24,25,29). The van der Waals surface area contributed by atoms with Gasteiger partial charge in [-0.2, -0.15) is 5.10 Å². The van der Waals surface area contributed by atoms with Gasteiger partial charge < -0.3 is 20.7 Å². The molecule has 0 bridgehead atoms. The Hall–Kier alpha value is -4.09. The molecule has 1 aliphatic rings. The van der Waals surface area contributed by atoms with Crippen LogP contribution in [0, 0.1) is 5.92 Å². The molecule has 0 spiro atoms. The number of rotatable bonds is 7. The molecule has 4 rings (SSSR count). The maximum absolute atomic E-state index is 12.3. The van der Waals surface area contributed by atoms with E-state index in [1.165, 1.54) is 20.2 Å². The van der Waals surface area contributed by atoms with E-state index in [1.807, 2.05) is 0 Å². The molecule has 0 aromatic carbocycles. The predicted octanol–water partition coefficient (Wildman–Crippen LogP) is 1.13. The third kappa shape index (κ3) is 4.27. The second kappa shape index (κ2) is 8.34. The van der Waals surface area contributed by atoms with Gasteiger partial charge in [0.1, 0.15) is 6.33 Å². The first-order valence-electron chi connectivity index (χ1n) is 9.56. The van der Waals surface area contributed by atoms with Crippen molar-refractivity contribution in [2.75, 3.05) is 24.8 Å². The van der Waals surface area contributed by atoms with Crippen molar-refractivity contribution in [2.45, 2.75) is 12.8 Å². The molecule has 1 saturated carbocycles. The van der Waals surface area contributed by atoms with Crippen LogP contribution in [0.25, 0.3) is 11.4 Å². The number of nitrogens with zero attached hydrogens (tertiary/aromatic N) is 6. The van der Waals surface area contributed by atoms with E-state index in [9.17, 15) is 9.59 Å². The largest absolute Gasteiger partial charge is 0.492 e. The minimum Gasteiger partial charge on any atom is -0.492 e. The van der Waals surface area contributed by atoms with Crippen molar-refractivity contribution < 1.29 is 14.3 Å². The Kier molecular flexibility index (Phi) is 5.43. The van der Waals surface area contributed by atoms with Crippen LogP contribution in [0.5, 0.6) is 5.75 Å². The van der Waals surface area contributed by atoms with Gasteiger partial charge in [0.25, 0.3) is 5.91 Å². The van der Waals surface area contributed by atoms with E-state index in [4.69, 9.17) is 4.74 Å². The van der Waals surface area contributed by atoms with Crippen LogP contribution in [0.4, 0.5) is 17.3 Å². The van der Waals surface area contributed by atoms with Crippen LogP contribution in [0.2, 0.25) is 0 Å². The average Bonchev–Trinajstić information content (AvgIpc) is 3.54. The smallest absolute Gasteiger partial charge is 0.273 e. The van der Waals surface area contributed by atoms with Crippen LogP contribution in [0.3, 0.4) is 0 Å². The van der Waals surface area contributed by atoms with E-state index in [0.29, 0.717) is 28.6 Å². The first-order chi connectivity index (χ1) is 15.0. The third-order valence-electron chi connectivity index (χ3n) is 4.64. The highest BCUT2D eigenvalue weighted by Crippen LogP contribution is 2.35. The van der Waals surface area contributed by atoms with Gasteiger partial charge in [0, 0.05) is 32.3 Å². The lowest BCUT2D eigenvalue weighted by Crippen LogP contribution is -2.22. The lowest BCUT2D eigenvalue weighted by atomic mass is 10.2. The second-order valence-electron chi connectivity index (χ2n) is 6.94. The molecule has 31 heavy (non-hydrogen) atoms. The quantitative estimate of drug-likeness (QED) is 0.508. The molecule has 3 aromatic heterocycles. The van der Waals surface area contributed by atoms with Crippen molar-refractivity contribution in [1.82, 2.24) is 35.3 Å². The second-order valence-corrected chi connectivity index (χ2v) is 6.94. The summed E-state index contributed by atoms with van der Waals surface area (Å²) in [5, 5.41) is 20.6. The van der Waals surface area contributed by atoms with E-state index >= 15 is 0 Å². The molecule has 3 aromatic rings. The van der Waals surface area contributed by atoms with Crippen molar-refractivity contribution >= 4 is 29.1 Å². The number of pyridine rings is 1. The number of carbonyl (C=O) groups excluding carboxylic acids is 2. The van der Waals surface area contributed by atoms with Gasteiger partial charge in [-0.1, -0.05) is 0 Å². The van der Waals surface area contributed by atoms with Crippen molar-refractivity contribution in [3.05, 3.63) is 30.4 Å². The Bertz CT molecular complexity index is 1140. The molecule has 0 aliphatic heterocycles. The molecule has 1 fully saturated rings. The van der Waals surface area contributed by atoms with Gasteiger partial charge in [-0.15, -0.1) is 10.2 Å². The molecule has 12 nitrogen and oxygen atoms in total. The van der Waals surface area contributed by atoms with Crippen LogP contribution in [0.15, 0.2) is 24.7 Å². The van der Waals surface area contributed by atoms with Crippen molar-refractivity contribution in [1.29, 1.82) is 0 Å². The van der Waals surface area contributed by atoms with Crippen LogP contribution >= 0.6 is 0 Å². The highest BCUT2D eigenvalue weighted by atomic mass is 16.5. The predicted molar refractivity (Wildman–Crippen MR) is 111 cm³/mol. The zero-order valence-corrected chi connectivity index (χ0v) is 17.2. The monoisotopic (exact) mass is 423 g/mol. The summed E-state index contributed by atoms with van der Waals surface area (Å²) >= 11 is 0. The highest BCUT2D eigenvalue weighted by Gasteiger charge is 2.30. The Morgan fingerprint density at radius 2 is 2.03 bits per heavy atom. The molecule has 1 aliphatic carbocycles. The van der Waals surface area contributed by atoms with Crippen LogP contribution < -0.4 is 20.7 Å². The van der Waals surface area contributed by atoms with E-state index < -0.39 is 5.91 Å². The van der Waals surface area contributed by atoms with Crippen molar-refractivity contribution in [2.24, 2.45) is 13.0 Å². The van der Waals surface area contributed by atoms with Crippen LogP contribution in [-0.2, 0) is 11.8 Å².